The number of hydrogen-bond donors (Lipinski definition) is 2. The van der Waals surface area contributed by atoms with Gasteiger partial charge in [0.1, 0.15) is 12.9 Å². The van der Waals surface area contributed by atoms with E-state index in [2.05, 4.69) is 15.2 Å². The second-order valence-electron chi connectivity index (χ2n) is 3.91. The van der Waals surface area contributed by atoms with Gasteiger partial charge in [-0.15, -0.1) is 0 Å². The predicted molar refractivity (Wildman–Crippen MR) is 68.9 cm³/mol. The summed E-state index contributed by atoms with van der Waals surface area (Å²) in [6, 6.07) is 4.04. The Hall–Kier alpha value is -2.64. The van der Waals surface area contributed by atoms with Crippen LogP contribution in [0.4, 0.5) is 4.39 Å². The van der Waals surface area contributed by atoms with E-state index in [0.29, 0.717) is 12.4 Å². The second-order valence-corrected chi connectivity index (χ2v) is 3.91. The van der Waals surface area contributed by atoms with Crippen molar-refractivity contribution in [1.82, 2.24) is 14.8 Å². The quantitative estimate of drug-likeness (QED) is 0.370. The van der Waals surface area contributed by atoms with E-state index in [4.69, 9.17) is 15.7 Å². The molecular formula is C12H14FN5O2. The van der Waals surface area contributed by atoms with Crippen LogP contribution in [-0.4, -0.2) is 25.8 Å². The van der Waals surface area contributed by atoms with E-state index in [1.807, 2.05) is 6.92 Å². The van der Waals surface area contributed by atoms with Crippen molar-refractivity contribution in [3.63, 3.8) is 0 Å². The maximum atomic E-state index is 13.8. The van der Waals surface area contributed by atoms with Crippen molar-refractivity contribution in [1.29, 1.82) is 0 Å². The van der Waals surface area contributed by atoms with Gasteiger partial charge in [-0.05, 0) is 25.1 Å². The van der Waals surface area contributed by atoms with E-state index in [0.717, 1.165) is 6.07 Å². The zero-order valence-corrected chi connectivity index (χ0v) is 10.8. The van der Waals surface area contributed by atoms with E-state index in [9.17, 15) is 4.39 Å². The molecule has 0 aliphatic rings. The summed E-state index contributed by atoms with van der Waals surface area (Å²) in [7, 11) is 0. The van der Waals surface area contributed by atoms with Crippen molar-refractivity contribution in [3.8, 4) is 5.75 Å². The van der Waals surface area contributed by atoms with Crippen LogP contribution < -0.4 is 10.5 Å². The third-order valence-corrected chi connectivity index (χ3v) is 2.69. The predicted octanol–water partition coefficient (Wildman–Crippen LogP) is 1.11. The number of ether oxygens (including phenoxy) is 1. The minimum atomic E-state index is -0.600. The molecule has 3 N–H and O–H groups in total. The van der Waals surface area contributed by atoms with Gasteiger partial charge in [0.05, 0.1) is 0 Å². The van der Waals surface area contributed by atoms with Gasteiger partial charge in [0, 0.05) is 12.1 Å². The lowest BCUT2D eigenvalue weighted by Crippen LogP contribution is -2.13. The lowest BCUT2D eigenvalue weighted by atomic mass is 10.2. The normalized spacial score (nSPS) is 11.6. The summed E-state index contributed by atoms with van der Waals surface area (Å²) in [5, 5.41) is 15.3. The minimum absolute atomic E-state index is 0.0603. The molecule has 0 fully saturated rings. The topological polar surface area (TPSA) is 98.5 Å². The fourth-order valence-electron chi connectivity index (χ4n) is 1.64. The van der Waals surface area contributed by atoms with Gasteiger partial charge in [-0.25, -0.2) is 14.1 Å². The number of halogens is 1. The van der Waals surface area contributed by atoms with Crippen LogP contribution in [0, 0.1) is 5.82 Å². The van der Waals surface area contributed by atoms with Crippen LogP contribution in [0.5, 0.6) is 5.75 Å². The van der Waals surface area contributed by atoms with Crippen LogP contribution in [0.15, 0.2) is 29.7 Å². The molecule has 0 spiro atoms. The van der Waals surface area contributed by atoms with Gasteiger partial charge in [-0.2, -0.15) is 5.10 Å². The smallest absolute Gasteiger partial charge is 0.170 e. The van der Waals surface area contributed by atoms with Crippen molar-refractivity contribution in [2.24, 2.45) is 10.9 Å². The molecule has 0 amide bonds. The van der Waals surface area contributed by atoms with E-state index in [-0.39, 0.29) is 23.8 Å². The molecule has 0 atom stereocenters. The number of rotatable bonds is 5. The molecule has 0 bridgehead atoms. The van der Waals surface area contributed by atoms with Gasteiger partial charge >= 0.3 is 0 Å². The summed E-state index contributed by atoms with van der Waals surface area (Å²) in [6.07, 6.45) is 1.42. The number of benzene rings is 1. The van der Waals surface area contributed by atoms with Crippen LogP contribution in [0.25, 0.3) is 0 Å². The van der Waals surface area contributed by atoms with Crippen molar-refractivity contribution >= 4 is 5.84 Å². The highest BCUT2D eigenvalue weighted by molar-refractivity contribution is 5.97. The van der Waals surface area contributed by atoms with Crippen molar-refractivity contribution in [2.45, 2.75) is 20.1 Å². The Morgan fingerprint density at radius 1 is 1.55 bits per heavy atom. The fraction of sp³-hybridized carbons (Fsp3) is 0.250. The zero-order chi connectivity index (χ0) is 14.5. The van der Waals surface area contributed by atoms with Gasteiger partial charge in [-0.3, -0.25) is 0 Å². The molecule has 20 heavy (non-hydrogen) atoms. The largest absolute Gasteiger partial charge is 0.483 e. The van der Waals surface area contributed by atoms with Crippen LogP contribution in [0.3, 0.4) is 0 Å². The van der Waals surface area contributed by atoms with E-state index < -0.39 is 5.82 Å². The van der Waals surface area contributed by atoms with E-state index in [1.54, 1.807) is 4.68 Å². The molecule has 0 aliphatic heterocycles. The third-order valence-electron chi connectivity index (χ3n) is 2.69. The highest BCUT2D eigenvalue weighted by atomic mass is 19.1. The molecule has 1 heterocycles. The molecule has 0 saturated heterocycles. The molecule has 0 saturated carbocycles. The van der Waals surface area contributed by atoms with Gasteiger partial charge in [-0.1, -0.05) is 5.16 Å². The number of hydrogen-bond acceptors (Lipinski definition) is 5. The van der Waals surface area contributed by atoms with Crippen LogP contribution in [0.1, 0.15) is 18.3 Å². The first kappa shape index (κ1) is 13.8. The third kappa shape index (κ3) is 2.85. The Kier molecular flexibility index (Phi) is 4.14. The lowest BCUT2D eigenvalue weighted by Gasteiger charge is -2.08. The van der Waals surface area contributed by atoms with Crippen molar-refractivity contribution < 1.29 is 14.3 Å². The van der Waals surface area contributed by atoms with Gasteiger partial charge < -0.3 is 15.7 Å². The van der Waals surface area contributed by atoms with Crippen LogP contribution >= 0.6 is 0 Å². The van der Waals surface area contributed by atoms with Crippen molar-refractivity contribution in [2.75, 3.05) is 0 Å². The average Bonchev–Trinajstić information content (AvgIpc) is 2.92. The summed E-state index contributed by atoms with van der Waals surface area (Å²) in [4.78, 5) is 4.02. The first-order chi connectivity index (χ1) is 9.65. The molecular weight excluding hydrogens is 265 g/mol. The number of aromatic nitrogens is 3. The Morgan fingerprint density at radius 2 is 2.35 bits per heavy atom. The molecule has 7 nitrogen and oxygen atoms in total. The first-order valence-corrected chi connectivity index (χ1v) is 5.92. The zero-order valence-electron chi connectivity index (χ0n) is 10.8. The number of oxime groups is 1. The standard InChI is InChI=1S/C12H14FN5O2/c1-2-18-11(15-7-16-18)6-20-10-4-3-8(5-9(10)13)12(14)17-19/h3-5,7,19H,2,6H2,1H3,(H2,14,17). The molecule has 0 unspecified atom stereocenters. The summed E-state index contributed by atoms with van der Waals surface area (Å²) in [6.45, 7) is 2.68. The molecule has 8 heteroatoms. The Bertz CT molecular complexity index is 626. The number of nitrogens with two attached hydrogens (primary N) is 1. The highest BCUT2D eigenvalue weighted by Crippen LogP contribution is 2.19. The molecule has 1 aromatic carbocycles. The fourth-order valence-corrected chi connectivity index (χ4v) is 1.64. The maximum absolute atomic E-state index is 13.8. The molecule has 0 radical (unpaired) electrons. The molecule has 0 aliphatic carbocycles. The summed E-state index contributed by atoms with van der Waals surface area (Å²) < 4.78 is 20.8. The van der Waals surface area contributed by atoms with Crippen molar-refractivity contribution in [3.05, 3.63) is 41.7 Å². The monoisotopic (exact) mass is 279 g/mol. The molecule has 1 aromatic heterocycles. The highest BCUT2D eigenvalue weighted by Gasteiger charge is 2.09. The Balaban J connectivity index is 2.11. The summed E-state index contributed by atoms with van der Waals surface area (Å²) >= 11 is 0. The first-order valence-electron chi connectivity index (χ1n) is 5.92. The minimum Gasteiger partial charge on any atom is -0.483 e. The summed E-state index contributed by atoms with van der Waals surface area (Å²) in [5.74, 6) is -0.101. The Morgan fingerprint density at radius 3 is 3.00 bits per heavy atom. The van der Waals surface area contributed by atoms with Gasteiger partial charge in [0.15, 0.2) is 23.2 Å². The van der Waals surface area contributed by atoms with Gasteiger partial charge in [0.2, 0.25) is 0 Å². The average molecular weight is 279 g/mol. The maximum Gasteiger partial charge on any atom is 0.170 e. The molecule has 2 rings (SSSR count). The number of amidine groups is 1. The second kappa shape index (κ2) is 6.00. The summed E-state index contributed by atoms with van der Waals surface area (Å²) in [5.41, 5.74) is 5.65. The van der Waals surface area contributed by atoms with E-state index in [1.165, 1.54) is 18.5 Å². The van der Waals surface area contributed by atoms with Crippen LogP contribution in [0.2, 0.25) is 0 Å². The number of aryl methyl sites for hydroxylation is 1. The van der Waals surface area contributed by atoms with Crippen LogP contribution in [-0.2, 0) is 13.2 Å². The van der Waals surface area contributed by atoms with E-state index >= 15 is 0 Å². The Labute approximate surface area is 114 Å². The molecule has 2 aromatic rings. The lowest BCUT2D eigenvalue weighted by molar-refractivity contribution is 0.273. The number of nitrogens with zero attached hydrogens (tertiary/aromatic N) is 4. The molecule has 106 valence electrons. The van der Waals surface area contributed by atoms with Gasteiger partial charge in [0.25, 0.3) is 0 Å². The SMILES string of the molecule is CCn1ncnc1COc1ccc(/C(N)=N/O)cc1F.